The van der Waals surface area contributed by atoms with Gasteiger partial charge >= 0.3 is 18.2 Å². The van der Waals surface area contributed by atoms with Gasteiger partial charge in [0.05, 0.1) is 31.2 Å². The lowest BCUT2D eigenvalue weighted by atomic mass is 9.86. The summed E-state index contributed by atoms with van der Waals surface area (Å²) < 4.78 is 60.5. The Morgan fingerprint density at radius 1 is 1.12 bits per heavy atom. The average Bonchev–Trinajstić information content (AvgIpc) is 3.63. The minimum atomic E-state index is -5.06. The summed E-state index contributed by atoms with van der Waals surface area (Å²) in [5.41, 5.74) is -6.33. The molecule has 13 nitrogen and oxygen atoms in total. The van der Waals surface area contributed by atoms with Gasteiger partial charge in [0.2, 0.25) is 11.8 Å². The van der Waals surface area contributed by atoms with Crippen molar-refractivity contribution in [2.75, 3.05) is 13.7 Å². The summed E-state index contributed by atoms with van der Waals surface area (Å²) in [5.74, 6) is -4.75. The number of Topliss-reactive ketones (excluding diaryl/α,β-unsaturated/α-hetero) is 1. The van der Waals surface area contributed by atoms with Gasteiger partial charge < -0.3 is 34.9 Å². The number of alkyl carbamates (subject to hydrolysis) is 1. The lowest BCUT2D eigenvalue weighted by molar-refractivity contribution is -0.146. The number of allylic oxidation sites excluding steroid dienone is 1. The van der Waals surface area contributed by atoms with Crippen LogP contribution in [0.25, 0.3) is 10.9 Å². The Kier molecular flexibility index (Phi) is 9.41. The number of carbonyl (C=O) groups is 5. The molecule has 5 atom stereocenters. The Bertz CT molecular complexity index is 1860. The highest BCUT2D eigenvalue weighted by Crippen LogP contribution is 2.50. The van der Waals surface area contributed by atoms with E-state index in [9.17, 15) is 42.3 Å². The molecule has 4 heterocycles. The van der Waals surface area contributed by atoms with Crippen molar-refractivity contribution in [3.63, 3.8) is 0 Å². The van der Waals surface area contributed by atoms with E-state index in [4.69, 9.17) is 14.2 Å². The number of pyridine rings is 1. The maximum absolute atomic E-state index is 14.6. The zero-order chi connectivity index (χ0) is 37.8. The lowest BCUT2D eigenvalue weighted by Gasteiger charge is -2.36. The summed E-state index contributed by atoms with van der Waals surface area (Å²) >= 11 is 0. The number of ether oxygens (including phenoxy) is 3. The molecule has 16 heteroatoms. The fourth-order valence-corrected chi connectivity index (χ4v) is 7.39. The molecule has 1 aromatic heterocycles. The molecule has 0 bridgehead atoms. The lowest BCUT2D eigenvalue weighted by Crippen LogP contribution is -2.56. The number of carboxylic acids is 1. The van der Waals surface area contributed by atoms with Crippen LogP contribution in [-0.4, -0.2) is 87.1 Å². The molecule has 4 aliphatic rings. The second kappa shape index (κ2) is 13.3. The molecule has 52 heavy (non-hydrogen) atoms. The van der Waals surface area contributed by atoms with Gasteiger partial charge in [0.1, 0.15) is 34.6 Å². The molecule has 0 unspecified atom stereocenters. The molecule has 0 radical (unpaired) electrons. The zero-order valence-corrected chi connectivity index (χ0v) is 29.2. The van der Waals surface area contributed by atoms with E-state index < -0.39 is 101 Å². The Morgan fingerprint density at radius 3 is 2.54 bits per heavy atom. The summed E-state index contributed by atoms with van der Waals surface area (Å²) in [6.07, 6.45) is -0.594. The first-order valence-corrected chi connectivity index (χ1v) is 17.2. The van der Waals surface area contributed by atoms with Crippen LogP contribution in [0.5, 0.6) is 11.5 Å². The normalized spacial score (nSPS) is 28.1. The van der Waals surface area contributed by atoms with Crippen LogP contribution >= 0.6 is 0 Å². The number of carboxylic acid groups (broad SMARTS) is 1. The molecule has 3 N–H and O–H groups in total. The average molecular weight is 731 g/mol. The van der Waals surface area contributed by atoms with Crippen LogP contribution in [0.15, 0.2) is 30.4 Å². The van der Waals surface area contributed by atoms with Crippen LogP contribution in [0.4, 0.5) is 18.0 Å². The molecule has 2 aromatic rings. The number of alkyl halides is 3. The number of halogens is 3. The third kappa shape index (κ3) is 7.11. The van der Waals surface area contributed by atoms with Crippen molar-refractivity contribution in [2.45, 2.75) is 107 Å². The largest absolute Gasteiger partial charge is 0.497 e. The number of methoxy groups -OCH3 is 1. The summed E-state index contributed by atoms with van der Waals surface area (Å²) in [7, 11) is 1.36. The summed E-state index contributed by atoms with van der Waals surface area (Å²) in [5, 5.41) is 15.4. The quantitative estimate of drug-likeness (QED) is 0.367. The third-order valence-electron chi connectivity index (χ3n) is 9.95. The summed E-state index contributed by atoms with van der Waals surface area (Å²) in [6, 6.07) is 1.40. The Hall–Kier alpha value is -4.89. The number of amides is 3. The van der Waals surface area contributed by atoms with Crippen molar-refractivity contribution in [1.82, 2.24) is 20.5 Å². The van der Waals surface area contributed by atoms with Crippen LogP contribution in [0.3, 0.4) is 0 Å². The van der Waals surface area contributed by atoms with Crippen molar-refractivity contribution < 1.29 is 56.5 Å². The first-order valence-electron chi connectivity index (χ1n) is 17.2. The van der Waals surface area contributed by atoms with Gasteiger partial charge in [0.25, 0.3) is 0 Å². The molecule has 1 aromatic carbocycles. The summed E-state index contributed by atoms with van der Waals surface area (Å²) in [6.45, 7) is 4.42. The van der Waals surface area contributed by atoms with Gasteiger partial charge in [0, 0.05) is 17.7 Å². The number of carbonyl (C=O) groups excluding carboxylic acids is 4. The number of hydrogen-bond donors (Lipinski definition) is 3. The van der Waals surface area contributed by atoms with E-state index in [1.807, 2.05) is 6.08 Å². The maximum atomic E-state index is 14.6. The van der Waals surface area contributed by atoms with Crippen LogP contribution in [0, 0.1) is 5.92 Å². The maximum Gasteiger partial charge on any atom is 0.437 e. The molecule has 1 aliphatic carbocycles. The van der Waals surface area contributed by atoms with Crippen molar-refractivity contribution in [3.8, 4) is 11.5 Å². The number of benzene rings is 1. The number of fused-ring (bicyclic) bond motifs is 5. The van der Waals surface area contributed by atoms with Crippen molar-refractivity contribution in [2.24, 2.45) is 5.92 Å². The highest BCUT2D eigenvalue weighted by molar-refractivity contribution is 6.11. The van der Waals surface area contributed by atoms with Crippen LogP contribution < -0.4 is 20.1 Å². The molecule has 1 spiro atoms. The predicted molar refractivity (Wildman–Crippen MR) is 178 cm³/mol. The van der Waals surface area contributed by atoms with E-state index in [2.05, 4.69) is 15.6 Å². The van der Waals surface area contributed by atoms with E-state index in [-0.39, 0.29) is 35.1 Å². The molecule has 3 amide bonds. The molecule has 3 aliphatic heterocycles. The number of ketones is 1. The zero-order valence-electron chi connectivity index (χ0n) is 29.2. The van der Waals surface area contributed by atoms with Gasteiger partial charge in [0.15, 0.2) is 17.2 Å². The second-order valence-electron chi connectivity index (χ2n) is 15.0. The van der Waals surface area contributed by atoms with Gasteiger partial charge in [-0.1, -0.05) is 25.0 Å². The standard InChI is InChI=1S/C36H41F3N4O9/c1-33(2,3)52-32(49)41-23-11-9-7-5-6-8-10-19-15-35(19,31(47)48)42-29(45)24-16-34(18-43(24)30(23)46)17-25(44)26-21-14-20(50-4)12-13-22(21)40-28(27(26)51-34)36(37,38)39/h8,10,12-14,19,23-24H,5-7,9,11,15-18H2,1-4H3,(H,41,49)(H,42,45)(H,47,48)/t19-,23+,24+,34+,35-/m1/s1. The highest BCUT2D eigenvalue weighted by atomic mass is 19.4. The topological polar surface area (TPSA) is 173 Å². The Balaban J connectivity index is 1.43. The molecular formula is C36H41F3N4O9. The molecule has 1 saturated carbocycles. The van der Waals surface area contributed by atoms with Gasteiger partial charge in [-0.25, -0.2) is 14.6 Å². The molecule has 1 saturated heterocycles. The minimum absolute atomic E-state index is 0.0710. The predicted octanol–water partition coefficient (Wildman–Crippen LogP) is 4.94. The number of rotatable bonds is 3. The van der Waals surface area contributed by atoms with E-state index >= 15 is 0 Å². The van der Waals surface area contributed by atoms with Gasteiger partial charge in [-0.05, 0) is 64.7 Å². The number of hydrogen-bond acceptors (Lipinski definition) is 9. The number of aliphatic carboxylic acids is 1. The number of aromatic nitrogens is 1. The Labute approximate surface area is 297 Å². The Morgan fingerprint density at radius 2 is 1.87 bits per heavy atom. The van der Waals surface area contributed by atoms with Crippen LogP contribution in [0.1, 0.15) is 88.2 Å². The van der Waals surface area contributed by atoms with Crippen molar-refractivity contribution >= 4 is 40.6 Å². The molecule has 280 valence electrons. The van der Waals surface area contributed by atoms with Crippen LogP contribution in [-0.2, 0) is 25.3 Å². The van der Waals surface area contributed by atoms with Crippen LogP contribution in [0.2, 0.25) is 0 Å². The smallest absolute Gasteiger partial charge is 0.437 e. The molecule has 2 fully saturated rings. The number of nitrogens with zero attached hydrogens (tertiary/aromatic N) is 2. The first kappa shape index (κ1) is 36.9. The second-order valence-corrected chi connectivity index (χ2v) is 15.0. The fourth-order valence-electron chi connectivity index (χ4n) is 7.39. The molecular weight excluding hydrogens is 689 g/mol. The van der Waals surface area contributed by atoms with Gasteiger partial charge in [-0.15, -0.1) is 0 Å². The minimum Gasteiger partial charge on any atom is -0.497 e. The third-order valence-corrected chi connectivity index (χ3v) is 9.95. The molecule has 6 rings (SSSR count). The summed E-state index contributed by atoms with van der Waals surface area (Å²) in [4.78, 5) is 72.9. The SMILES string of the molecule is COc1ccc2nc(C(F)(F)F)c3c(c2c1)C(=O)C[C@]1(C[C@H]2C(=O)N[C@]4(C(=O)O)C[C@H]4C=CCCCCC[C@H](NC(=O)OC(C)(C)C)C(=O)N2C1)O3. The first-order chi connectivity index (χ1) is 24.4. The van der Waals surface area contributed by atoms with Gasteiger partial charge in [-0.2, -0.15) is 13.2 Å². The van der Waals surface area contributed by atoms with E-state index in [1.54, 1.807) is 26.8 Å². The van der Waals surface area contributed by atoms with E-state index in [1.165, 1.54) is 25.3 Å². The van der Waals surface area contributed by atoms with Crippen molar-refractivity contribution in [3.05, 3.63) is 41.6 Å². The number of nitrogens with one attached hydrogen (secondary N) is 2. The monoisotopic (exact) mass is 730 g/mol. The van der Waals surface area contributed by atoms with E-state index in [0.717, 1.165) is 4.90 Å². The van der Waals surface area contributed by atoms with Crippen molar-refractivity contribution in [1.29, 1.82) is 0 Å². The van der Waals surface area contributed by atoms with Gasteiger partial charge in [-0.3, -0.25) is 14.4 Å². The van der Waals surface area contributed by atoms with E-state index in [0.29, 0.717) is 25.7 Å². The fraction of sp³-hybridized carbons (Fsp3) is 0.556. The highest BCUT2D eigenvalue weighted by Gasteiger charge is 2.63.